The first kappa shape index (κ1) is 10.7. The Hall–Kier alpha value is -2.85. The van der Waals surface area contributed by atoms with Crippen LogP contribution in [0.2, 0.25) is 0 Å². The van der Waals surface area contributed by atoms with Crippen LogP contribution in [0, 0.1) is 22.7 Å². The lowest BCUT2D eigenvalue weighted by Gasteiger charge is -2.04. The molecular weight excluding hydrogens is 216 g/mol. The summed E-state index contributed by atoms with van der Waals surface area (Å²) >= 11 is 0. The van der Waals surface area contributed by atoms with Gasteiger partial charge in [0.05, 0.1) is 28.8 Å². The zero-order valence-corrected chi connectivity index (χ0v) is 8.64. The maximum atomic E-state index is 10.9. The van der Waals surface area contributed by atoms with Gasteiger partial charge < -0.3 is 5.11 Å². The van der Waals surface area contributed by atoms with E-state index in [4.69, 9.17) is 15.6 Å². The van der Waals surface area contributed by atoms with E-state index in [0.717, 1.165) is 0 Å². The van der Waals surface area contributed by atoms with Crippen LogP contribution in [-0.4, -0.2) is 11.1 Å². The SMILES string of the molecule is N#Cc1cccc2cc(C(=O)O)cc(C#N)c12. The maximum Gasteiger partial charge on any atom is 0.335 e. The van der Waals surface area contributed by atoms with E-state index >= 15 is 0 Å². The van der Waals surface area contributed by atoms with Crippen LogP contribution in [-0.2, 0) is 0 Å². The van der Waals surface area contributed by atoms with E-state index in [2.05, 4.69) is 0 Å². The summed E-state index contributed by atoms with van der Waals surface area (Å²) in [7, 11) is 0. The first-order chi connectivity index (χ1) is 8.17. The van der Waals surface area contributed by atoms with Crippen molar-refractivity contribution in [1.82, 2.24) is 0 Å². The van der Waals surface area contributed by atoms with Crippen molar-refractivity contribution in [2.24, 2.45) is 0 Å². The number of aromatic carboxylic acids is 1. The second-order valence-electron chi connectivity index (χ2n) is 3.46. The van der Waals surface area contributed by atoms with Crippen molar-refractivity contribution in [1.29, 1.82) is 10.5 Å². The number of benzene rings is 2. The number of nitrogens with zero attached hydrogens (tertiary/aromatic N) is 2. The van der Waals surface area contributed by atoms with Crippen LogP contribution in [0.5, 0.6) is 0 Å². The summed E-state index contributed by atoms with van der Waals surface area (Å²) in [4.78, 5) is 10.9. The molecule has 0 unspecified atom stereocenters. The smallest absolute Gasteiger partial charge is 0.335 e. The topological polar surface area (TPSA) is 84.9 Å². The Bertz CT molecular complexity index is 706. The highest BCUT2D eigenvalue weighted by Crippen LogP contribution is 2.24. The molecule has 80 valence electrons. The predicted molar refractivity (Wildman–Crippen MR) is 60.3 cm³/mol. The Labute approximate surface area is 96.9 Å². The quantitative estimate of drug-likeness (QED) is 0.802. The Balaban J connectivity index is 2.94. The summed E-state index contributed by atoms with van der Waals surface area (Å²) in [6.07, 6.45) is 0. The molecule has 2 aromatic rings. The van der Waals surface area contributed by atoms with Crippen LogP contribution in [0.4, 0.5) is 0 Å². The number of carboxylic acid groups (broad SMARTS) is 1. The molecule has 0 aromatic heterocycles. The van der Waals surface area contributed by atoms with Crippen molar-refractivity contribution < 1.29 is 9.90 Å². The molecule has 4 heteroatoms. The van der Waals surface area contributed by atoms with Gasteiger partial charge in [0.1, 0.15) is 0 Å². The average molecular weight is 222 g/mol. The van der Waals surface area contributed by atoms with E-state index in [1.54, 1.807) is 18.2 Å². The third kappa shape index (κ3) is 1.68. The summed E-state index contributed by atoms with van der Waals surface area (Å²) < 4.78 is 0. The van der Waals surface area contributed by atoms with Gasteiger partial charge in [-0.05, 0) is 23.6 Å². The highest BCUT2D eigenvalue weighted by molar-refractivity contribution is 5.99. The second kappa shape index (κ2) is 3.96. The molecule has 2 aromatic carbocycles. The third-order valence-electron chi connectivity index (χ3n) is 2.46. The normalized spacial score (nSPS) is 9.53. The molecule has 0 bridgehead atoms. The summed E-state index contributed by atoms with van der Waals surface area (Å²) in [5.41, 5.74) is 0.622. The number of rotatable bonds is 1. The molecule has 0 amide bonds. The van der Waals surface area contributed by atoms with Gasteiger partial charge in [-0.2, -0.15) is 10.5 Å². The van der Waals surface area contributed by atoms with Crippen LogP contribution in [0.1, 0.15) is 21.5 Å². The van der Waals surface area contributed by atoms with E-state index in [0.29, 0.717) is 16.3 Å². The zero-order chi connectivity index (χ0) is 12.4. The molecule has 0 aliphatic rings. The second-order valence-corrected chi connectivity index (χ2v) is 3.46. The van der Waals surface area contributed by atoms with Gasteiger partial charge in [0, 0.05) is 5.39 Å². The first-order valence-electron chi connectivity index (χ1n) is 4.77. The molecular formula is C13H6N2O2. The van der Waals surface area contributed by atoms with Crippen LogP contribution in [0.15, 0.2) is 30.3 Å². The largest absolute Gasteiger partial charge is 0.478 e. The molecule has 0 saturated carbocycles. The molecule has 0 aliphatic heterocycles. The van der Waals surface area contributed by atoms with Gasteiger partial charge in [0.25, 0.3) is 0 Å². The Morgan fingerprint density at radius 3 is 2.41 bits per heavy atom. The predicted octanol–water partition coefficient (Wildman–Crippen LogP) is 2.28. The van der Waals surface area contributed by atoms with Crippen molar-refractivity contribution in [3.8, 4) is 12.1 Å². The third-order valence-corrected chi connectivity index (χ3v) is 2.46. The minimum absolute atomic E-state index is 0.0455. The number of nitriles is 2. The van der Waals surface area contributed by atoms with Gasteiger partial charge in [-0.1, -0.05) is 12.1 Å². The number of carboxylic acids is 1. The Morgan fingerprint density at radius 1 is 1.12 bits per heavy atom. The van der Waals surface area contributed by atoms with Crippen molar-refractivity contribution in [3.05, 3.63) is 47.0 Å². The number of hydrogen-bond acceptors (Lipinski definition) is 3. The molecule has 2 rings (SSSR count). The molecule has 0 radical (unpaired) electrons. The maximum absolute atomic E-state index is 10.9. The summed E-state index contributed by atoms with van der Waals surface area (Å²) in [5, 5.41) is 28.0. The summed E-state index contributed by atoms with van der Waals surface area (Å²) in [6, 6.07) is 11.6. The molecule has 0 spiro atoms. The number of fused-ring (bicyclic) bond motifs is 1. The lowest BCUT2D eigenvalue weighted by molar-refractivity contribution is 0.0697. The lowest BCUT2D eigenvalue weighted by atomic mass is 9.98. The van der Waals surface area contributed by atoms with Crippen molar-refractivity contribution in [2.75, 3.05) is 0 Å². The van der Waals surface area contributed by atoms with E-state index < -0.39 is 5.97 Å². The molecule has 0 atom stereocenters. The van der Waals surface area contributed by atoms with Gasteiger partial charge in [0.2, 0.25) is 0 Å². The highest BCUT2D eigenvalue weighted by Gasteiger charge is 2.11. The van der Waals surface area contributed by atoms with Gasteiger partial charge in [-0.3, -0.25) is 0 Å². The Morgan fingerprint density at radius 2 is 1.82 bits per heavy atom. The van der Waals surface area contributed by atoms with E-state index in [-0.39, 0.29) is 11.1 Å². The number of carbonyl (C=O) groups is 1. The van der Waals surface area contributed by atoms with E-state index in [9.17, 15) is 4.79 Å². The standard InChI is InChI=1S/C13H6N2O2/c14-6-9-3-1-2-8-4-10(13(16)17)5-11(7-15)12(8)9/h1-5H,(H,16,17). The van der Waals surface area contributed by atoms with Crippen molar-refractivity contribution in [3.63, 3.8) is 0 Å². The average Bonchev–Trinajstić information content (AvgIpc) is 2.36. The fraction of sp³-hybridized carbons (Fsp3) is 0. The minimum atomic E-state index is -1.09. The van der Waals surface area contributed by atoms with Crippen molar-refractivity contribution >= 4 is 16.7 Å². The van der Waals surface area contributed by atoms with Gasteiger partial charge in [-0.25, -0.2) is 4.79 Å². The van der Waals surface area contributed by atoms with Gasteiger partial charge in [-0.15, -0.1) is 0 Å². The molecule has 0 saturated heterocycles. The Kier molecular flexibility index (Phi) is 2.48. The fourth-order valence-corrected chi connectivity index (χ4v) is 1.73. The van der Waals surface area contributed by atoms with Crippen LogP contribution in [0.25, 0.3) is 10.8 Å². The number of hydrogen-bond donors (Lipinski definition) is 1. The monoisotopic (exact) mass is 222 g/mol. The van der Waals surface area contributed by atoms with Gasteiger partial charge in [0.15, 0.2) is 0 Å². The lowest BCUT2D eigenvalue weighted by Crippen LogP contribution is -1.98. The molecule has 1 N–H and O–H groups in total. The minimum Gasteiger partial charge on any atom is -0.478 e. The molecule has 17 heavy (non-hydrogen) atoms. The molecule has 0 aliphatic carbocycles. The van der Waals surface area contributed by atoms with Gasteiger partial charge >= 0.3 is 5.97 Å². The molecule has 0 fully saturated rings. The first-order valence-corrected chi connectivity index (χ1v) is 4.77. The van der Waals surface area contributed by atoms with Crippen LogP contribution < -0.4 is 0 Å². The fourth-order valence-electron chi connectivity index (χ4n) is 1.73. The molecule has 0 heterocycles. The summed E-state index contributed by atoms with van der Waals surface area (Å²) in [5.74, 6) is -1.09. The highest BCUT2D eigenvalue weighted by atomic mass is 16.4. The van der Waals surface area contributed by atoms with Crippen LogP contribution >= 0.6 is 0 Å². The zero-order valence-electron chi connectivity index (χ0n) is 8.64. The van der Waals surface area contributed by atoms with E-state index in [1.807, 2.05) is 12.1 Å². The summed E-state index contributed by atoms with van der Waals surface area (Å²) in [6.45, 7) is 0. The van der Waals surface area contributed by atoms with Crippen molar-refractivity contribution in [2.45, 2.75) is 0 Å². The van der Waals surface area contributed by atoms with Crippen LogP contribution in [0.3, 0.4) is 0 Å². The van der Waals surface area contributed by atoms with E-state index in [1.165, 1.54) is 12.1 Å². The molecule has 4 nitrogen and oxygen atoms in total.